The second-order valence-electron chi connectivity index (χ2n) is 4.94. The lowest BCUT2D eigenvalue weighted by atomic mass is 9.81. The third-order valence-electron chi connectivity index (χ3n) is 3.78. The van der Waals surface area contributed by atoms with E-state index >= 15 is 0 Å². The highest BCUT2D eigenvalue weighted by Crippen LogP contribution is 2.36. The summed E-state index contributed by atoms with van der Waals surface area (Å²) in [6.45, 7) is 5.55. The molecule has 0 amide bonds. The zero-order valence-corrected chi connectivity index (χ0v) is 11.3. The van der Waals surface area contributed by atoms with Gasteiger partial charge in [-0.05, 0) is 54.1 Å². The molecule has 1 heterocycles. The first-order valence-electron chi connectivity index (χ1n) is 6.59. The summed E-state index contributed by atoms with van der Waals surface area (Å²) in [7, 11) is 0. The van der Waals surface area contributed by atoms with Crippen LogP contribution in [0.2, 0.25) is 0 Å². The van der Waals surface area contributed by atoms with Crippen molar-refractivity contribution in [1.82, 2.24) is 5.32 Å². The summed E-state index contributed by atoms with van der Waals surface area (Å²) in [5, 5.41) is 8.33. The molecule has 16 heavy (non-hydrogen) atoms. The highest BCUT2D eigenvalue weighted by molar-refractivity contribution is 7.08. The normalized spacial score (nSPS) is 19.9. The first-order valence-corrected chi connectivity index (χ1v) is 7.53. The summed E-state index contributed by atoms with van der Waals surface area (Å²) in [5.74, 6) is 0.863. The Morgan fingerprint density at radius 3 is 2.62 bits per heavy atom. The van der Waals surface area contributed by atoms with Gasteiger partial charge in [-0.1, -0.05) is 26.2 Å². The van der Waals surface area contributed by atoms with Gasteiger partial charge in [-0.3, -0.25) is 0 Å². The number of hydrogen-bond acceptors (Lipinski definition) is 2. The fourth-order valence-electron chi connectivity index (χ4n) is 2.91. The van der Waals surface area contributed by atoms with Crippen molar-refractivity contribution in [2.75, 3.05) is 6.54 Å². The van der Waals surface area contributed by atoms with Crippen LogP contribution in [-0.4, -0.2) is 6.54 Å². The molecule has 1 aromatic heterocycles. The van der Waals surface area contributed by atoms with Crippen LogP contribution in [0.5, 0.6) is 0 Å². The van der Waals surface area contributed by atoms with E-state index < -0.39 is 0 Å². The highest BCUT2D eigenvalue weighted by atomic mass is 32.1. The molecule has 0 bridgehead atoms. The Labute approximate surface area is 103 Å². The van der Waals surface area contributed by atoms with Crippen molar-refractivity contribution in [2.24, 2.45) is 5.92 Å². The predicted molar refractivity (Wildman–Crippen MR) is 72.0 cm³/mol. The van der Waals surface area contributed by atoms with Gasteiger partial charge in [-0.2, -0.15) is 11.3 Å². The lowest BCUT2D eigenvalue weighted by Gasteiger charge is -2.31. The Kier molecular flexibility index (Phi) is 4.42. The lowest BCUT2D eigenvalue weighted by Crippen LogP contribution is -2.29. The smallest absolute Gasteiger partial charge is 0.0359 e. The standard InChI is InChI=1S/C14H23NS/c1-3-15-14(12-7-5-4-6-8-12)13-10-16-9-11(13)2/h9-10,12,14-15H,3-8H2,1-2H3. The molecule has 0 spiro atoms. The van der Waals surface area contributed by atoms with E-state index in [-0.39, 0.29) is 0 Å². The van der Waals surface area contributed by atoms with E-state index in [1.54, 1.807) is 5.56 Å². The van der Waals surface area contributed by atoms with Crippen LogP contribution in [-0.2, 0) is 0 Å². The fourth-order valence-corrected chi connectivity index (χ4v) is 3.79. The zero-order valence-electron chi connectivity index (χ0n) is 10.5. The average molecular weight is 237 g/mol. The molecule has 0 aromatic carbocycles. The third kappa shape index (κ3) is 2.67. The Bertz CT molecular complexity index is 312. The number of aryl methyl sites for hydroxylation is 1. The van der Waals surface area contributed by atoms with Crippen LogP contribution in [0.15, 0.2) is 10.8 Å². The lowest BCUT2D eigenvalue weighted by molar-refractivity contribution is 0.274. The van der Waals surface area contributed by atoms with Gasteiger partial charge in [-0.25, -0.2) is 0 Å². The fraction of sp³-hybridized carbons (Fsp3) is 0.714. The van der Waals surface area contributed by atoms with E-state index in [4.69, 9.17) is 0 Å². The van der Waals surface area contributed by atoms with E-state index in [0.717, 1.165) is 12.5 Å². The molecule has 0 aliphatic heterocycles. The van der Waals surface area contributed by atoms with Crippen LogP contribution in [0.4, 0.5) is 0 Å². The maximum Gasteiger partial charge on any atom is 0.0359 e. The molecular formula is C14H23NS. The monoisotopic (exact) mass is 237 g/mol. The molecule has 1 N–H and O–H groups in total. The maximum atomic E-state index is 3.70. The molecule has 1 atom stereocenters. The van der Waals surface area contributed by atoms with Crippen LogP contribution >= 0.6 is 11.3 Å². The summed E-state index contributed by atoms with van der Waals surface area (Å²) < 4.78 is 0. The Morgan fingerprint density at radius 2 is 2.06 bits per heavy atom. The van der Waals surface area contributed by atoms with Gasteiger partial charge in [-0.15, -0.1) is 0 Å². The first-order chi connectivity index (χ1) is 7.83. The van der Waals surface area contributed by atoms with Crippen molar-refractivity contribution in [3.05, 3.63) is 21.9 Å². The Balaban J connectivity index is 2.12. The van der Waals surface area contributed by atoms with Gasteiger partial charge in [0, 0.05) is 6.04 Å². The Hall–Kier alpha value is -0.340. The minimum absolute atomic E-state index is 0.608. The second-order valence-corrected chi connectivity index (χ2v) is 5.69. The van der Waals surface area contributed by atoms with Gasteiger partial charge in [0.05, 0.1) is 0 Å². The summed E-state index contributed by atoms with van der Waals surface area (Å²) >= 11 is 1.84. The van der Waals surface area contributed by atoms with Crippen LogP contribution in [0.1, 0.15) is 56.2 Å². The molecule has 1 nitrogen and oxygen atoms in total. The van der Waals surface area contributed by atoms with Gasteiger partial charge in [0.15, 0.2) is 0 Å². The molecule has 1 aliphatic carbocycles. The molecule has 1 saturated carbocycles. The number of hydrogen-bond donors (Lipinski definition) is 1. The summed E-state index contributed by atoms with van der Waals surface area (Å²) in [4.78, 5) is 0. The Morgan fingerprint density at radius 1 is 1.31 bits per heavy atom. The zero-order chi connectivity index (χ0) is 11.4. The third-order valence-corrected chi connectivity index (χ3v) is 4.66. The highest BCUT2D eigenvalue weighted by Gasteiger charge is 2.25. The minimum Gasteiger partial charge on any atom is -0.310 e. The van der Waals surface area contributed by atoms with Gasteiger partial charge in [0.1, 0.15) is 0 Å². The minimum atomic E-state index is 0.608. The second kappa shape index (κ2) is 5.83. The van der Waals surface area contributed by atoms with Gasteiger partial charge >= 0.3 is 0 Å². The molecule has 1 fully saturated rings. The van der Waals surface area contributed by atoms with E-state index in [0.29, 0.717) is 6.04 Å². The molecule has 2 rings (SSSR count). The van der Waals surface area contributed by atoms with Crippen LogP contribution in [0.3, 0.4) is 0 Å². The van der Waals surface area contributed by atoms with E-state index in [9.17, 15) is 0 Å². The van der Waals surface area contributed by atoms with Crippen LogP contribution in [0.25, 0.3) is 0 Å². The average Bonchev–Trinajstić information content (AvgIpc) is 2.73. The summed E-state index contributed by atoms with van der Waals surface area (Å²) in [5.41, 5.74) is 3.03. The van der Waals surface area contributed by atoms with Crippen LogP contribution < -0.4 is 5.32 Å². The molecule has 0 saturated heterocycles. The molecule has 1 aliphatic rings. The molecule has 90 valence electrons. The van der Waals surface area contributed by atoms with E-state index in [1.165, 1.54) is 37.7 Å². The van der Waals surface area contributed by atoms with E-state index in [1.807, 2.05) is 11.3 Å². The van der Waals surface area contributed by atoms with Crippen molar-refractivity contribution in [1.29, 1.82) is 0 Å². The molecule has 0 radical (unpaired) electrons. The SMILES string of the molecule is CCNC(c1cscc1C)C1CCCCC1. The number of rotatable bonds is 4. The topological polar surface area (TPSA) is 12.0 Å². The quantitative estimate of drug-likeness (QED) is 0.824. The molecule has 2 heteroatoms. The van der Waals surface area contributed by atoms with E-state index in [2.05, 4.69) is 29.9 Å². The van der Waals surface area contributed by atoms with Crippen molar-refractivity contribution >= 4 is 11.3 Å². The van der Waals surface area contributed by atoms with Gasteiger partial charge < -0.3 is 5.32 Å². The van der Waals surface area contributed by atoms with Gasteiger partial charge in [0.25, 0.3) is 0 Å². The van der Waals surface area contributed by atoms with Crippen molar-refractivity contribution in [3.8, 4) is 0 Å². The molecular weight excluding hydrogens is 214 g/mol. The summed E-state index contributed by atoms with van der Waals surface area (Å²) in [6, 6.07) is 0.608. The molecule has 1 unspecified atom stereocenters. The molecule has 1 aromatic rings. The largest absolute Gasteiger partial charge is 0.310 e. The maximum absolute atomic E-state index is 3.70. The van der Waals surface area contributed by atoms with Crippen molar-refractivity contribution in [2.45, 2.75) is 52.0 Å². The summed E-state index contributed by atoms with van der Waals surface area (Å²) in [6.07, 6.45) is 7.11. The predicted octanol–water partition coefficient (Wildman–Crippen LogP) is 4.29. The first kappa shape index (κ1) is 12.1. The number of thiophene rings is 1. The van der Waals surface area contributed by atoms with Crippen molar-refractivity contribution in [3.63, 3.8) is 0 Å². The number of nitrogens with one attached hydrogen (secondary N) is 1. The van der Waals surface area contributed by atoms with Gasteiger partial charge in [0.2, 0.25) is 0 Å². The van der Waals surface area contributed by atoms with Crippen molar-refractivity contribution < 1.29 is 0 Å². The van der Waals surface area contributed by atoms with Crippen LogP contribution in [0, 0.1) is 12.8 Å².